The third-order valence-electron chi connectivity index (χ3n) is 1.87. The molecule has 2 rings (SSSR count). The number of rotatable bonds is 0. The second-order valence-corrected chi connectivity index (χ2v) is 4.79. The van der Waals surface area contributed by atoms with E-state index in [2.05, 4.69) is 0 Å². The number of hydrogen-bond donors (Lipinski definition) is 2. The Bertz CT molecular complexity index is 346. The SMILES string of the molecule is O=C1CS(O)(O)c2ccccc21. The molecule has 0 unspecified atom stereocenters. The average Bonchev–Trinajstić information content (AvgIpc) is 2.25. The highest BCUT2D eigenvalue weighted by Crippen LogP contribution is 2.54. The maximum Gasteiger partial charge on any atom is 0.184 e. The fourth-order valence-electron chi connectivity index (χ4n) is 1.32. The number of fused-ring (bicyclic) bond motifs is 1. The van der Waals surface area contributed by atoms with Crippen molar-refractivity contribution in [1.29, 1.82) is 0 Å². The summed E-state index contributed by atoms with van der Waals surface area (Å²) in [7, 11) is -2.80. The first kappa shape index (κ1) is 7.79. The molecule has 2 N–H and O–H groups in total. The zero-order chi connectivity index (χ0) is 8.77. The first-order chi connectivity index (χ1) is 5.61. The molecule has 0 saturated carbocycles. The zero-order valence-corrected chi connectivity index (χ0v) is 7.04. The monoisotopic (exact) mass is 184 g/mol. The minimum absolute atomic E-state index is 0.146. The summed E-state index contributed by atoms with van der Waals surface area (Å²) < 4.78 is 18.9. The molecule has 0 spiro atoms. The van der Waals surface area contributed by atoms with Crippen LogP contribution in [0, 0.1) is 0 Å². The van der Waals surface area contributed by atoms with Crippen LogP contribution in [0.5, 0.6) is 0 Å². The maximum atomic E-state index is 11.2. The molecule has 1 aliphatic rings. The summed E-state index contributed by atoms with van der Waals surface area (Å²) >= 11 is 0. The number of carbonyl (C=O) groups excluding carboxylic acids is 1. The molecule has 64 valence electrons. The van der Waals surface area contributed by atoms with Crippen molar-refractivity contribution in [2.45, 2.75) is 4.90 Å². The van der Waals surface area contributed by atoms with E-state index >= 15 is 0 Å². The smallest absolute Gasteiger partial charge is 0.184 e. The summed E-state index contributed by atoms with van der Waals surface area (Å²) in [6.07, 6.45) is 0. The molecule has 0 radical (unpaired) electrons. The van der Waals surface area contributed by atoms with E-state index in [-0.39, 0.29) is 11.5 Å². The van der Waals surface area contributed by atoms with Crippen molar-refractivity contribution in [3.8, 4) is 0 Å². The minimum atomic E-state index is -2.80. The normalized spacial score (nSPS) is 22.0. The number of benzene rings is 1. The van der Waals surface area contributed by atoms with E-state index in [0.29, 0.717) is 10.5 Å². The van der Waals surface area contributed by atoms with Gasteiger partial charge in [-0.05, 0) is 12.1 Å². The lowest BCUT2D eigenvalue weighted by Gasteiger charge is -2.25. The molecule has 0 bridgehead atoms. The summed E-state index contributed by atoms with van der Waals surface area (Å²) in [5.74, 6) is -0.322. The third-order valence-corrected chi connectivity index (χ3v) is 3.60. The number of Topliss-reactive ketones (excluding diaryl/α,β-unsaturated/α-hetero) is 1. The molecule has 0 aromatic heterocycles. The molecule has 0 saturated heterocycles. The Balaban J connectivity index is 2.66. The van der Waals surface area contributed by atoms with Crippen LogP contribution in [-0.2, 0) is 0 Å². The van der Waals surface area contributed by atoms with Gasteiger partial charge in [0, 0.05) is 5.56 Å². The summed E-state index contributed by atoms with van der Waals surface area (Å²) in [5, 5.41) is 0. The van der Waals surface area contributed by atoms with Crippen molar-refractivity contribution in [3.05, 3.63) is 29.8 Å². The third kappa shape index (κ3) is 0.964. The van der Waals surface area contributed by atoms with Gasteiger partial charge in [0.2, 0.25) is 0 Å². The van der Waals surface area contributed by atoms with Crippen molar-refractivity contribution < 1.29 is 13.9 Å². The van der Waals surface area contributed by atoms with Gasteiger partial charge in [0.15, 0.2) is 5.78 Å². The molecule has 1 aliphatic heterocycles. The molecule has 3 nitrogen and oxygen atoms in total. The Hall–Kier alpha value is -0.840. The van der Waals surface area contributed by atoms with Gasteiger partial charge in [0.05, 0.1) is 4.90 Å². The molecular weight excluding hydrogens is 176 g/mol. The van der Waals surface area contributed by atoms with E-state index in [1.165, 1.54) is 0 Å². The summed E-state index contributed by atoms with van der Waals surface area (Å²) in [5.41, 5.74) is 0.456. The summed E-state index contributed by atoms with van der Waals surface area (Å²) in [6, 6.07) is 6.64. The zero-order valence-electron chi connectivity index (χ0n) is 6.23. The molecule has 0 fully saturated rings. The second-order valence-electron chi connectivity index (χ2n) is 2.73. The molecular formula is C8H8O3S. The van der Waals surface area contributed by atoms with E-state index in [1.54, 1.807) is 24.3 Å². The van der Waals surface area contributed by atoms with Crippen LogP contribution in [0.2, 0.25) is 0 Å². The van der Waals surface area contributed by atoms with Crippen molar-refractivity contribution in [1.82, 2.24) is 0 Å². The summed E-state index contributed by atoms with van der Waals surface area (Å²) in [6.45, 7) is 0. The predicted octanol–water partition coefficient (Wildman–Crippen LogP) is 1.99. The molecule has 12 heavy (non-hydrogen) atoms. The van der Waals surface area contributed by atoms with Gasteiger partial charge in [-0.1, -0.05) is 12.1 Å². The Morgan fingerprint density at radius 2 is 1.92 bits per heavy atom. The van der Waals surface area contributed by atoms with Crippen LogP contribution in [0.1, 0.15) is 10.4 Å². The lowest BCUT2D eigenvalue weighted by Crippen LogP contribution is -2.00. The minimum Gasteiger partial charge on any atom is -0.294 e. The Labute approximate surface area is 71.4 Å². The quantitative estimate of drug-likeness (QED) is 0.648. The number of ketones is 1. The maximum absolute atomic E-state index is 11.2. The highest BCUT2D eigenvalue weighted by Gasteiger charge is 2.32. The van der Waals surface area contributed by atoms with Gasteiger partial charge in [-0.15, -0.1) is 0 Å². The van der Waals surface area contributed by atoms with E-state index < -0.39 is 10.6 Å². The standard InChI is InChI=1S/C8H8O3S/c9-7-5-12(10,11)8-4-2-1-3-6(7)8/h1-4,10-11H,5H2. The molecule has 1 aromatic rings. The van der Waals surface area contributed by atoms with Crippen LogP contribution in [0.4, 0.5) is 0 Å². The summed E-state index contributed by atoms with van der Waals surface area (Å²) in [4.78, 5) is 11.6. The first-order valence-electron chi connectivity index (χ1n) is 3.49. The van der Waals surface area contributed by atoms with Crippen LogP contribution in [0.15, 0.2) is 29.2 Å². The second kappa shape index (κ2) is 2.32. The predicted molar refractivity (Wildman–Crippen MR) is 46.8 cm³/mol. The lowest BCUT2D eigenvalue weighted by atomic mass is 10.2. The molecule has 0 amide bonds. The highest BCUT2D eigenvalue weighted by atomic mass is 32.3. The average molecular weight is 184 g/mol. The van der Waals surface area contributed by atoms with Gasteiger partial charge < -0.3 is 0 Å². The van der Waals surface area contributed by atoms with E-state index in [1.807, 2.05) is 0 Å². The van der Waals surface area contributed by atoms with Crippen LogP contribution in [-0.4, -0.2) is 20.6 Å². The Morgan fingerprint density at radius 1 is 1.25 bits per heavy atom. The topological polar surface area (TPSA) is 57.5 Å². The highest BCUT2D eigenvalue weighted by molar-refractivity contribution is 8.25. The van der Waals surface area contributed by atoms with Gasteiger partial charge in [-0.2, -0.15) is 10.6 Å². The van der Waals surface area contributed by atoms with Gasteiger partial charge >= 0.3 is 0 Å². The fourth-order valence-corrected chi connectivity index (χ4v) is 2.83. The number of carbonyl (C=O) groups is 1. The van der Waals surface area contributed by atoms with Crippen molar-refractivity contribution >= 4 is 16.4 Å². The van der Waals surface area contributed by atoms with E-state index in [0.717, 1.165) is 0 Å². The first-order valence-corrected chi connectivity index (χ1v) is 5.21. The molecule has 1 heterocycles. The van der Waals surface area contributed by atoms with Crippen LogP contribution >= 0.6 is 10.6 Å². The van der Waals surface area contributed by atoms with Gasteiger partial charge in [0.25, 0.3) is 0 Å². The van der Waals surface area contributed by atoms with Crippen molar-refractivity contribution in [2.24, 2.45) is 0 Å². The molecule has 1 aromatic carbocycles. The van der Waals surface area contributed by atoms with E-state index in [4.69, 9.17) is 0 Å². The van der Waals surface area contributed by atoms with Gasteiger partial charge in [-0.25, -0.2) is 0 Å². The molecule has 4 heteroatoms. The molecule has 0 atom stereocenters. The van der Waals surface area contributed by atoms with Crippen LogP contribution in [0.25, 0.3) is 0 Å². The van der Waals surface area contributed by atoms with E-state index in [9.17, 15) is 13.9 Å². The van der Waals surface area contributed by atoms with Gasteiger partial charge in [0.1, 0.15) is 5.75 Å². The number of hydrogen-bond acceptors (Lipinski definition) is 3. The van der Waals surface area contributed by atoms with Crippen molar-refractivity contribution in [3.63, 3.8) is 0 Å². The van der Waals surface area contributed by atoms with Gasteiger partial charge in [-0.3, -0.25) is 13.9 Å². The Morgan fingerprint density at radius 3 is 2.58 bits per heavy atom. The largest absolute Gasteiger partial charge is 0.294 e. The van der Waals surface area contributed by atoms with Crippen molar-refractivity contribution in [2.75, 3.05) is 5.75 Å². The Kier molecular flexibility index (Phi) is 1.51. The van der Waals surface area contributed by atoms with Crippen LogP contribution in [0.3, 0.4) is 0 Å². The molecule has 0 aliphatic carbocycles. The fraction of sp³-hybridized carbons (Fsp3) is 0.125. The lowest BCUT2D eigenvalue weighted by molar-refractivity contribution is 0.102. The van der Waals surface area contributed by atoms with Crippen LogP contribution < -0.4 is 0 Å².